The molecule has 0 radical (unpaired) electrons. The Morgan fingerprint density at radius 2 is 1.90 bits per heavy atom. The number of nitro groups is 1. The molecule has 30 heavy (non-hydrogen) atoms. The maximum atomic E-state index is 12.7. The average Bonchev–Trinajstić information content (AvgIpc) is 3.27. The number of carbonyl (C=O) groups excluding carboxylic acids is 1. The van der Waals surface area contributed by atoms with Crippen molar-refractivity contribution < 1.29 is 23.6 Å². The van der Waals surface area contributed by atoms with Crippen molar-refractivity contribution in [3.8, 4) is 11.5 Å². The highest BCUT2D eigenvalue weighted by Gasteiger charge is 2.23. The normalized spacial score (nSPS) is 13.8. The molecule has 0 amide bonds. The minimum absolute atomic E-state index is 0.105. The molecule has 0 spiro atoms. The molecule has 0 unspecified atom stereocenters. The number of benzene rings is 2. The Balaban J connectivity index is 1.51. The third kappa shape index (κ3) is 4.28. The van der Waals surface area contributed by atoms with Crippen molar-refractivity contribution in [2.24, 2.45) is 0 Å². The first-order valence-corrected chi connectivity index (χ1v) is 9.28. The van der Waals surface area contributed by atoms with E-state index >= 15 is 0 Å². The molecule has 2 heterocycles. The number of carbonyl (C=O) groups is 1. The SMILES string of the molecule is O=C(OCc1nnc(-c2ccccc2)o1)c1cc([N+](=O)[O-])ccc1N1CCOCC1. The van der Waals surface area contributed by atoms with Crippen LogP contribution < -0.4 is 4.90 Å². The minimum Gasteiger partial charge on any atom is -0.452 e. The molecule has 0 atom stereocenters. The summed E-state index contributed by atoms with van der Waals surface area (Å²) in [6.45, 7) is 1.92. The first kappa shape index (κ1) is 19.5. The lowest BCUT2D eigenvalue weighted by atomic mass is 10.1. The Hall–Kier alpha value is -3.79. The second-order valence-electron chi connectivity index (χ2n) is 6.50. The van der Waals surface area contributed by atoms with Crippen LogP contribution >= 0.6 is 0 Å². The summed E-state index contributed by atoms with van der Waals surface area (Å²) in [7, 11) is 0. The molecule has 2 aromatic carbocycles. The van der Waals surface area contributed by atoms with Gasteiger partial charge in [-0.1, -0.05) is 18.2 Å². The fourth-order valence-corrected chi connectivity index (χ4v) is 3.10. The maximum absolute atomic E-state index is 12.7. The van der Waals surface area contributed by atoms with E-state index in [0.29, 0.717) is 37.9 Å². The van der Waals surface area contributed by atoms with Crippen LogP contribution in [0.4, 0.5) is 11.4 Å². The van der Waals surface area contributed by atoms with Crippen LogP contribution in [-0.4, -0.2) is 47.4 Å². The van der Waals surface area contributed by atoms with Gasteiger partial charge in [0, 0.05) is 30.8 Å². The minimum atomic E-state index is -0.709. The van der Waals surface area contributed by atoms with Gasteiger partial charge in [0.25, 0.3) is 11.6 Å². The lowest BCUT2D eigenvalue weighted by Gasteiger charge is -2.30. The topological polar surface area (TPSA) is 121 Å². The van der Waals surface area contributed by atoms with Gasteiger partial charge in [-0.2, -0.15) is 0 Å². The summed E-state index contributed by atoms with van der Waals surface area (Å²) >= 11 is 0. The predicted molar refractivity (Wildman–Crippen MR) is 105 cm³/mol. The van der Waals surface area contributed by atoms with Crippen LogP contribution in [0.25, 0.3) is 11.5 Å². The Labute approximate surface area is 171 Å². The van der Waals surface area contributed by atoms with E-state index in [2.05, 4.69) is 10.2 Å². The van der Waals surface area contributed by atoms with Gasteiger partial charge >= 0.3 is 5.97 Å². The molecule has 3 aromatic rings. The molecule has 0 N–H and O–H groups in total. The van der Waals surface area contributed by atoms with Crippen LogP contribution in [0.1, 0.15) is 16.2 Å². The second-order valence-corrected chi connectivity index (χ2v) is 6.50. The van der Waals surface area contributed by atoms with Gasteiger partial charge in [0.05, 0.1) is 29.4 Å². The number of nitrogens with zero attached hydrogens (tertiary/aromatic N) is 4. The third-order valence-electron chi connectivity index (χ3n) is 4.58. The molecule has 1 fully saturated rings. The number of morpholine rings is 1. The van der Waals surface area contributed by atoms with Crippen molar-refractivity contribution in [1.82, 2.24) is 10.2 Å². The molecule has 154 valence electrons. The van der Waals surface area contributed by atoms with Gasteiger partial charge in [0.15, 0.2) is 6.61 Å². The van der Waals surface area contributed by atoms with Crippen LogP contribution in [0.2, 0.25) is 0 Å². The molecule has 0 saturated carbocycles. The molecule has 1 saturated heterocycles. The van der Waals surface area contributed by atoms with Crippen molar-refractivity contribution in [3.05, 3.63) is 70.1 Å². The number of esters is 1. The Bertz CT molecular complexity index is 1050. The highest BCUT2D eigenvalue weighted by Crippen LogP contribution is 2.27. The summed E-state index contributed by atoms with van der Waals surface area (Å²) in [5.41, 5.74) is 1.22. The summed E-state index contributed by atoms with van der Waals surface area (Å²) in [6, 6.07) is 13.3. The van der Waals surface area contributed by atoms with Crippen molar-refractivity contribution in [2.45, 2.75) is 6.61 Å². The van der Waals surface area contributed by atoms with E-state index in [0.717, 1.165) is 5.56 Å². The van der Waals surface area contributed by atoms with Crippen LogP contribution in [0.5, 0.6) is 0 Å². The van der Waals surface area contributed by atoms with E-state index < -0.39 is 10.9 Å². The zero-order valence-electron chi connectivity index (χ0n) is 15.9. The van der Waals surface area contributed by atoms with E-state index in [9.17, 15) is 14.9 Å². The number of nitro benzene ring substituents is 1. The molecule has 10 nitrogen and oxygen atoms in total. The predicted octanol–water partition coefficient (Wildman–Crippen LogP) is 2.84. The van der Waals surface area contributed by atoms with Crippen molar-refractivity contribution >= 4 is 17.3 Å². The van der Waals surface area contributed by atoms with Gasteiger partial charge in [-0.05, 0) is 18.2 Å². The van der Waals surface area contributed by atoms with E-state index in [1.54, 1.807) is 6.07 Å². The molecule has 0 aliphatic carbocycles. The second kappa shape index (κ2) is 8.70. The third-order valence-corrected chi connectivity index (χ3v) is 4.58. The molecule has 4 rings (SSSR count). The zero-order chi connectivity index (χ0) is 20.9. The average molecular weight is 410 g/mol. The highest BCUT2D eigenvalue weighted by molar-refractivity contribution is 5.96. The number of rotatable bonds is 6. The molecule has 1 aliphatic rings. The summed E-state index contributed by atoms with van der Waals surface area (Å²) in [5.74, 6) is -0.272. The number of non-ortho nitro benzene ring substituents is 1. The monoisotopic (exact) mass is 410 g/mol. The van der Waals surface area contributed by atoms with E-state index in [4.69, 9.17) is 13.9 Å². The Morgan fingerprint density at radius 1 is 1.13 bits per heavy atom. The molecule has 0 bridgehead atoms. The van der Waals surface area contributed by atoms with Crippen molar-refractivity contribution in [2.75, 3.05) is 31.2 Å². The van der Waals surface area contributed by atoms with E-state index in [-0.39, 0.29) is 23.7 Å². The summed E-state index contributed by atoms with van der Waals surface area (Å²) < 4.78 is 16.2. The molecule has 10 heteroatoms. The van der Waals surface area contributed by atoms with Gasteiger partial charge in [0.2, 0.25) is 5.89 Å². The quantitative estimate of drug-likeness (QED) is 0.343. The molecular weight excluding hydrogens is 392 g/mol. The summed E-state index contributed by atoms with van der Waals surface area (Å²) in [5, 5.41) is 19.0. The number of ether oxygens (including phenoxy) is 2. The van der Waals surface area contributed by atoms with Crippen molar-refractivity contribution in [3.63, 3.8) is 0 Å². The summed E-state index contributed by atoms with van der Waals surface area (Å²) in [6.07, 6.45) is 0. The number of hydrogen-bond acceptors (Lipinski definition) is 9. The van der Waals surface area contributed by atoms with Gasteiger partial charge in [-0.15, -0.1) is 10.2 Å². The van der Waals surface area contributed by atoms with Gasteiger partial charge in [-0.25, -0.2) is 4.79 Å². The Kier molecular flexibility index (Phi) is 5.66. The van der Waals surface area contributed by atoms with E-state index in [1.807, 2.05) is 35.2 Å². The number of hydrogen-bond donors (Lipinski definition) is 0. The largest absolute Gasteiger partial charge is 0.452 e. The van der Waals surface area contributed by atoms with Crippen LogP contribution in [0.3, 0.4) is 0 Å². The molecule has 1 aromatic heterocycles. The first-order chi connectivity index (χ1) is 14.6. The van der Waals surface area contributed by atoms with Gasteiger partial charge in [0.1, 0.15) is 0 Å². The summed E-state index contributed by atoms with van der Waals surface area (Å²) in [4.78, 5) is 25.3. The van der Waals surface area contributed by atoms with E-state index in [1.165, 1.54) is 12.1 Å². The smallest absolute Gasteiger partial charge is 0.341 e. The molecule has 1 aliphatic heterocycles. The fourth-order valence-electron chi connectivity index (χ4n) is 3.10. The lowest BCUT2D eigenvalue weighted by Crippen LogP contribution is -2.37. The van der Waals surface area contributed by atoms with Gasteiger partial charge < -0.3 is 18.8 Å². The van der Waals surface area contributed by atoms with Crippen molar-refractivity contribution in [1.29, 1.82) is 0 Å². The first-order valence-electron chi connectivity index (χ1n) is 9.28. The lowest BCUT2D eigenvalue weighted by molar-refractivity contribution is -0.384. The zero-order valence-corrected chi connectivity index (χ0v) is 15.9. The highest BCUT2D eigenvalue weighted by atomic mass is 16.6. The Morgan fingerprint density at radius 3 is 2.63 bits per heavy atom. The van der Waals surface area contributed by atoms with Crippen LogP contribution in [0.15, 0.2) is 52.9 Å². The van der Waals surface area contributed by atoms with Gasteiger partial charge in [-0.3, -0.25) is 10.1 Å². The number of anilines is 1. The molecular formula is C20H18N4O6. The fraction of sp³-hybridized carbons (Fsp3) is 0.250. The van der Waals surface area contributed by atoms with Crippen LogP contribution in [-0.2, 0) is 16.1 Å². The number of aromatic nitrogens is 2. The standard InChI is InChI=1S/C20H18N4O6/c25-20(29-13-18-21-22-19(30-18)14-4-2-1-3-5-14)16-12-15(24(26)27)6-7-17(16)23-8-10-28-11-9-23/h1-7,12H,8-11,13H2. The maximum Gasteiger partial charge on any atom is 0.341 e. The van der Waals surface area contributed by atoms with Crippen LogP contribution in [0, 0.1) is 10.1 Å².